The van der Waals surface area contributed by atoms with E-state index >= 15 is 0 Å². The number of aliphatic carboxylic acids is 1. The van der Waals surface area contributed by atoms with Crippen LogP contribution in [0.15, 0.2) is 35.3 Å². The van der Waals surface area contributed by atoms with Gasteiger partial charge in [0, 0.05) is 13.3 Å². The van der Waals surface area contributed by atoms with Gasteiger partial charge in [-0.1, -0.05) is 0 Å². The number of hydrogen-bond acceptors (Lipinski definition) is 7. The number of ether oxygens (including phenoxy) is 2. The first-order valence-corrected chi connectivity index (χ1v) is 12.7. The number of carbonyl (C=O) groups is 1. The molecule has 0 bridgehead atoms. The second-order valence-corrected chi connectivity index (χ2v) is 10.3. The summed E-state index contributed by atoms with van der Waals surface area (Å²) in [5.41, 5.74) is 0.819. The lowest BCUT2D eigenvalue weighted by Gasteiger charge is -2.17. The third kappa shape index (κ3) is 8.59. The number of hydrogen-bond donors (Lipinski definition) is 4. The van der Waals surface area contributed by atoms with Gasteiger partial charge in [0.25, 0.3) is 0 Å². The van der Waals surface area contributed by atoms with Crippen LogP contribution in [0.4, 0.5) is 0 Å². The third-order valence-electron chi connectivity index (χ3n) is 4.09. The molecule has 0 saturated heterocycles. The molecule has 0 aliphatic rings. The molecule has 0 heterocycles. The minimum atomic E-state index is -1.03. The minimum absolute atomic E-state index is 0.103. The molecule has 0 saturated carbocycles. The number of nitrogens with one attached hydrogen (secondary N) is 1. The van der Waals surface area contributed by atoms with E-state index in [4.69, 9.17) is 9.47 Å². The standard InChI is InChI=1S/C20H22BI3N2O6/c1-21(30)26-17(20(28)29)7-11-5-15(23)19(16(24)6-11)32-13-3-4-18(14(22)8-13)31-10-12(27)9-25-2/h3-6,8-9,12,17,26-27,30H,7,10H2,1-2H3,(H,28,29). The summed E-state index contributed by atoms with van der Waals surface area (Å²) in [5, 5.41) is 31.2. The zero-order valence-electron chi connectivity index (χ0n) is 17.3. The molecule has 0 fully saturated rings. The van der Waals surface area contributed by atoms with Crippen LogP contribution in [-0.2, 0) is 11.2 Å². The third-order valence-corrected chi connectivity index (χ3v) is 6.54. The maximum absolute atomic E-state index is 11.5. The number of carboxylic acid groups (broad SMARTS) is 1. The van der Waals surface area contributed by atoms with Crippen LogP contribution in [0.1, 0.15) is 5.56 Å². The van der Waals surface area contributed by atoms with Crippen LogP contribution in [0.5, 0.6) is 17.2 Å². The first-order chi connectivity index (χ1) is 15.1. The number of aliphatic hydroxyl groups excluding tert-OH is 1. The summed E-state index contributed by atoms with van der Waals surface area (Å²) in [4.78, 5) is 15.2. The molecular weight excluding hydrogens is 756 g/mol. The van der Waals surface area contributed by atoms with Gasteiger partial charge in [-0.3, -0.25) is 9.79 Å². The highest BCUT2D eigenvalue weighted by Crippen LogP contribution is 2.35. The summed E-state index contributed by atoms with van der Waals surface area (Å²) in [5.74, 6) is 0.902. The smallest absolute Gasteiger partial charge is 0.374 e. The van der Waals surface area contributed by atoms with Gasteiger partial charge in [0.2, 0.25) is 0 Å². The molecule has 2 rings (SSSR count). The molecule has 0 aliphatic heterocycles. The number of halogens is 3. The summed E-state index contributed by atoms with van der Waals surface area (Å²) in [6.45, 7) is 1.59. The van der Waals surface area contributed by atoms with Crippen molar-refractivity contribution in [2.24, 2.45) is 4.99 Å². The normalized spacial score (nSPS) is 13.1. The number of benzene rings is 2. The molecular formula is C20H22BI3N2O6. The molecule has 0 spiro atoms. The Balaban J connectivity index is 2.14. The Morgan fingerprint density at radius 1 is 1.22 bits per heavy atom. The number of nitrogens with zero attached hydrogens (tertiary/aromatic N) is 1. The first-order valence-electron chi connectivity index (χ1n) is 9.46. The van der Waals surface area contributed by atoms with Crippen molar-refractivity contribution < 1.29 is 29.5 Å². The Bertz CT molecular complexity index is 953. The molecule has 2 unspecified atom stereocenters. The summed E-state index contributed by atoms with van der Waals surface area (Å²) in [6.07, 6.45) is 0.868. The number of rotatable bonds is 11. The molecule has 32 heavy (non-hydrogen) atoms. The average molecular weight is 778 g/mol. The minimum Gasteiger partial charge on any atom is -0.489 e. The van der Waals surface area contributed by atoms with E-state index in [0.717, 1.165) is 16.3 Å². The number of carboxylic acids is 1. The van der Waals surface area contributed by atoms with E-state index in [1.165, 1.54) is 13.0 Å². The van der Waals surface area contributed by atoms with E-state index in [-0.39, 0.29) is 13.0 Å². The van der Waals surface area contributed by atoms with Gasteiger partial charge in [0.05, 0.1) is 10.7 Å². The quantitative estimate of drug-likeness (QED) is 0.157. The lowest BCUT2D eigenvalue weighted by atomic mass is 9.86. The lowest BCUT2D eigenvalue weighted by Crippen LogP contribution is -2.46. The zero-order valence-corrected chi connectivity index (χ0v) is 23.7. The van der Waals surface area contributed by atoms with Crippen LogP contribution in [-0.4, -0.2) is 60.3 Å². The summed E-state index contributed by atoms with van der Waals surface area (Å²) < 4.78 is 14.2. The van der Waals surface area contributed by atoms with Crippen molar-refractivity contribution in [2.45, 2.75) is 25.4 Å². The van der Waals surface area contributed by atoms with Crippen molar-refractivity contribution in [3.8, 4) is 17.2 Å². The molecule has 12 heteroatoms. The van der Waals surface area contributed by atoms with Crippen LogP contribution >= 0.6 is 67.8 Å². The van der Waals surface area contributed by atoms with E-state index in [1.807, 2.05) is 18.2 Å². The fraction of sp³-hybridized carbons (Fsp3) is 0.300. The van der Waals surface area contributed by atoms with Crippen molar-refractivity contribution in [3.05, 3.63) is 46.6 Å². The predicted molar refractivity (Wildman–Crippen MR) is 149 cm³/mol. The zero-order chi connectivity index (χ0) is 23.8. The van der Waals surface area contributed by atoms with E-state index < -0.39 is 25.2 Å². The van der Waals surface area contributed by atoms with E-state index in [9.17, 15) is 20.0 Å². The second-order valence-electron chi connectivity index (χ2n) is 6.81. The molecule has 0 aliphatic carbocycles. The molecule has 0 amide bonds. The lowest BCUT2D eigenvalue weighted by molar-refractivity contribution is -0.139. The molecule has 2 aromatic carbocycles. The summed E-state index contributed by atoms with van der Waals surface area (Å²) in [7, 11) is 0.667. The number of aliphatic imine (C=N–C) groups is 1. The fourth-order valence-electron chi connectivity index (χ4n) is 2.74. The van der Waals surface area contributed by atoms with E-state index in [1.54, 1.807) is 19.2 Å². The van der Waals surface area contributed by atoms with Crippen LogP contribution in [0.2, 0.25) is 6.82 Å². The van der Waals surface area contributed by atoms with Gasteiger partial charge in [0.15, 0.2) is 5.75 Å². The Hall–Kier alpha value is -0.685. The van der Waals surface area contributed by atoms with Gasteiger partial charge in [-0.05, 0) is 117 Å². The average Bonchev–Trinajstić information content (AvgIpc) is 2.69. The van der Waals surface area contributed by atoms with E-state index in [2.05, 4.69) is 78.0 Å². The molecule has 0 aromatic heterocycles. The molecule has 8 nitrogen and oxygen atoms in total. The number of aliphatic hydroxyl groups is 1. The summed E-state index contributed by atoms with van der Waals surface area (Å²) >= 11 is 6.46. The Morgan fingerprint density at radius 3 is 2.41 bits per heavy atom. The molecule has 2 aromatic rings. The highest BCUT2D eigenvalue weighted by atomic mass is 127. The molecule has 172 valence electrons. The molecule has 0 radical (unpaired) electrons. The van der Waals surface area contributed by atoms with Crippen LogP contribution in [0.3, 0.4) is 0 Å². The van der Waals surface area contributed by atoms with Gasteiger partial charge >= 0.3 is 13.0 Å². The fourth-order valence-corrected chi connectivity index (χ4v) is 5.50. The van der Waals surface area contributed by atoms with Crippen molar-refractivity contribution in [1.82, 2.24) is 5.23 Å². The molecule has 2 atom stereocenters. The van der Waals surface area contributed by atoms with Gasteiger partial charge in [-0.25, -0.2) is 0 Å². The van der Waals surface area contributed by atoms with Crippen LogP contribution in [0.25, 0.3) is 0 Å². The topological polar surface area (TPSA) is 121 Å². The summed E-state index contributed by atoms with van der Waals surface area (Å²) in [6, 6.07) is 8.24. The monoisotopic (exact) mass is 778 g/mol. The van der Waals surface area contributed by atoms with Crippen LogP contribution in [0, 0.1) is 10.7 Å². The highest BCUT2D eigenvalue weighted by molar-refractivity contribution is 14.1. The van der Waals surface area contributed by atoms with Crippen LogP contribution < -0.4 is 14.7 Å². The molecule has 4 N–H and O–H groups in total. The largest absolute Gasteiger partial charge is 0.489 e. The van der Waals surface area contributed by atoms with Crippen molar-refractivity contribution >= 4 is 87.0 Å². The second kappa shape index (κ2) is 13.3. The van der Waals surface area contributed by atoms with Gasteiger partial charge in [0.1, 0.15) is 30.3 Å². The maximum Gasteiger partial charge on any atom is 0.374 e. The van der Waals surface area contributed by atoms with E-state index in [0.29, 0.717) is 17.2 Å². The Kier molecular flexibility index (Phi) is 11.4. The van der Waals surface area contributed by atoms with Gasteiger partial charge in [-0.15, -0.1) is 0 Å². The predicted octanol–water partition coefficient (Wildman–Crippen LogP) is 3.43. The van der Waals surface area contributed by atoms with Crippen molar-refractivity contribution in [3.63, 3.8) is 0 Å². The Morgan fingerprint density at radius 2 is 1.88 bits per heavy atom. The van der Waals surface area contributed by atoms with Gasteiger partial charge in [-0.2, -0.15) is 0 Å². The van der Waals surface area contributed by atoms with Crippen molar-refractivity contribution in [1.29, 1.82) is 0 Å². The SMILES string of the molecule is CN=CC(O)COc1ccc(Oc2c(I)cc(CC(NB(C)O)C(=O)O)cc2I)cc1I. The Labute approximate surface area is 227 Å². The van der Waals surface area contributed by atoms with Gasteiger partial charge < -0.3 is 29.9 Å². The maximum atomic E-state index is 11.5. The first kappa shape index (κ1) is 27.6. The highest BCUT2D eigenvalue weighted by Gasteiger charge is 2.22. The van der Waals surface area contributed by atoms with Crippen molar-refractivity contribution in [2.75, 3.05) is 13.7 Å².